The molecule has 36 heavy (non-hydrogen) atoms. The highest BCUT2D eigenvalue weighted by Gasteiger charge is 2.15. The molecule has 0 atom stereocenters. The van der Waals surface area contributed by atoms with Gasteiger partial charge < -0.3 is 20.1 Å². The average Bonchev–Trinajstić information content (AvgIpc) is 2.83. The lowest BCUT2D eigenvalue weighted by atomic mass is 10.1. The highest BCUT2D eigenvalue weighted by atomic mass is 19.1. The molecule has 0 radical (unpaired) electrons. The largest absolute Gasteiger partial charge is 0.494 e. The summed E-state index contributed by atoms with van der Waals surface area (Å²) in [7, 11) is 0. The van der Waals surface area contributed by atoms with Crippen molar-refractivity contribution in [3.8, 4) is 22.9 Å². The van der Waals surface area contributed by atoms with E-state index in [1.165, 1.54) is 12.1 Å². The Kier molecular flexibility index (Phi) is 7.28. The maximum atomic E-state index is 13.4. The predicted octanol–water partition coefficient (Wildman–Crippen LogP) is 5.27. The molecule has 0 bridgehead atoms. The fraction of sp³-hybridized carbons (Fsp3) is 0.259. The standard InChI is InChI=1S/C27H28FN5O3/c1-5-35-20-10-11-22-21(14-20)26(31-23-12-9-18(28)15-29-23)32-25(30-22)17-7-6-8-19(13-17)36-16-24(34)33-27(2,3)4/h6-15H,5,16H2,1-4H3,(H,33,34)(H,29,30,31,32). The number of nitrogens with one attached hydrogen (secondary N) is 2. The first-order valence-electron chi connectivity index (χ1n) is 11.6. The van der Waals surface area contributed by atoms with Gasteiger partial charge in [-0.1, -0.05) is 12.1 Å². The summed E-state index contributed by atoms with van der Waals surface area (Å²) in [5.41, 5.74) is 1.05. The summed E-state index contributed by atoms with van der Waals surface area (Å²) < 4.78 is 24.7. The molecule has 186 valence electrons. The number of benzene rings is 2. The second-order valence-corrected chi connectivity index (χ2v) is 9.11. The summed E-state index contributed by atoms with van der Waals surface area (Å²) >= 11 is 0. The van der Waals surface area contributed by atoms with Crippen LogP contribution in [0, 0.1) is 5.82 Å². The summed E-state index contributed by atoms with van der Waals surface area (Å²) in [5, 5.41) is 6.75. The SMILES string of the molecule is CCOc1ccc2nc(-c3cccc(OCC(=O)NC(C)(C)C)c3)nc(Nc3ccc(F)cn3)c2c1. The van der Waals surface area contributed by atoms with Gasteiger partial charge in [0.25, 0.3) is 5.91 Å². The normalized spacial score (nSPS) is 11.2. The number of pyridine rings is 1. The molecule has 0 saturated carbocycles. The van der Waals surface area contributed by atoms with Crippen molar-refractivity contribution in [3.63, 3.8) is 0 Å². The maximum absolute atomic E-state index is 13.4. The number of rotatable bonds is 8. The van der Waals surface area contributed by atoms with Gasteiger partial charge in [-0.25, -0.2) is 19.3 Å². The average molecular weight is 490 g/mol. The van der Waals surface area contributed by atoms with Crippen LogP contribution in [0.3, 0.4) is 0 Å². The third-order valence-electron chi connectivity index (χ3n) is 4.93. The Hall–Kier alpha value is -4.27. The molecule has 2 heterocycles. The molecule has 0 spiro atoms. The second kappa shape index (κ2) is 10.6. The number of nitrogens with zero attached hydrogens (tertiary/aromatic N) is 3. The van der Waals surface area contributed by atoms with Crippen molar-refractivity contribution in [1.29, 1.82) is 0 Å². The van der Waals surface area contributed by atoms with Gasteiger partial charge in [-0.2, -0.15) is 0 Å². The van der Waals surface area contributed by atoms with E-state index < -0.39 is 5.82 Å². The molecule has 0 fully saturated rings. The van der Waals surface area contributed by atoms with E-state index in [1.54, 1.807) is 12.1 Å². The van der Waals surface area contributed by atoms with E-state index in [4.69, 9.17) is 19.4 Å². The molecule has 1 amide bonds. The Balaban J connectivity index is 1.67. The van der Waals surface area contributed by atoms with Crippen molar-refractivity contribution < 1.29 is 18.7 Å². The van der Waals surface area contributed by atoms with Crippen LogP contribution in [0.5, 0.6) is 11.5 Å². The summed E-state index contributed by atoms with van der Waals surface area (Å²) in [4.78, 5) is 25.7. The molecule has 0 aliphatic rings. The number of aromatic nitrogens is 3. The molecule has 2 N–H and O–H groups in total. The Morgan fingerprint density at radius 3 is 2.53 bits per heavy atom. The smallest absolute Gasteiger partial charge is 0.258 e. The molecule has 0 aliphatic heterocycles. The fourth-order valence-corrected chi connectivity index (χ4v) is 3.49. The lowest BCUT2D eigenvalue weighted by Gasteiger charge is -2.20. The van der Waals surface area contributed by atoms with Gasteiger partial charge in [-0.05, 0) is 70.2 Å². The third kappa shape index (κ3) is 6.44. The first-order valence-corrected chi connectivity index (χ1v) is 11.6. The van der Waals surface area contributed by atoms with Gasteiger partial charge in [0, 0.05) is 16.5 Å². The van der Waals surface area contributed by atoms with Gasteiger partial charge >= 0.3 is 0 Å². The van der Waals surface area contributed by atoms with E-state index in [1.807, 2.05) is 58.0 Å². The minimum Gasteiger partial charge on any atom is -0.494 e. The van der Waals surface area contributed by atoms with Crippen molar-refractivity contribution in [2.24, 2.45) is 0 Å². The minimum absolute atomic E-state index is 0.109. The van der Waals surface area contributed by atoms with E-state index in [0.717, 1.165) is 11.6 Å². The van der Waals surface area contributed by atoms with E-state index in [9.17, 15) is 9.18 Å². The highest BCUT2D eigenvalue weighted by Crippen LogP contribution is 2.31. The van der Waals surface area contributed by atoms with E-state index in [2.05, 4.69) is 15.6 Å². The number of fused-ring (bicyclic) bond motifs is 1. The van der Waals surface area contributed by atoms with Crippen LogP contribution < -0.4 is 20.1 Å². The molecule has 9 heteroatoms. The van der Waals surface area contributed by atoms with E-state index >= 15 is 0 Å². The van der Waals surface area contributed by atoms with Crippen LogP contribution in [0.25, 0.3) is 22.3 Å². The Morgan fingerprint density at radius 2 is 1.81 bits per heavy atom. The number of ether oxygens (including phenoxy) is 2. The van der Waals surface area contributed by atoms with Gasteiger partial charge in [-0.3, -0.25) is 4.79 Å². The molecule has 4 rings (SSSR count). The Bertz CT molecular complexity index is 1370. The number of halogens is 1. The quantitative estimate of drug-likeness (QED) is 0.348. The lowest BCUT2D eigenvalue weighted by molar-refractivity contribution is -0.124. The van der Waals surface area contributed by atoms with Gasteiger partial charge in [-0.15, -0.1) is 0 Å². The second-order valence-electron chi connectivity index (χ2n) is 9.11. The van der Waals surface area contributed by atoms with Gasteiger partial charge in [0.1, 0.15) is 29.0 Å². The Morgan fingerprint density at radius 1 is 1.00 bits per heavy atom. The zero-order valence-electron chi connectivity index (χ0n) is 20.6. The highest BCUT2D eigenvalue weighted by molar-refractivity contribution is 5.93. The fourth-order valence-electron chi connectivity index (χ4n) is 3.49. The molecule has 0 saturated heterocycles. The number of amides is 1. The van der Waals surface area contributed by atoms with Gasteiger partial charge in [0.15, 0.2) is 12.4 Å². The summed E-state index contributed by atoms with van der Waals surface area (Å²) in [6.45, 7) is 8.05. The molecule has 8 nitrogen and oxygen atoms in total. The van der Waals surface area contributed by atoms with Gasteiger partial charge in [0.2, 0.25) is 0 Å². The molecular formula is C27H28FN5O3. The third-order valence-corrected chi connectivity index (χ3v) is 4.93. The number of carbonyl (C=O) groups excluding carboxylic acids is 1. The van der Waals surface area contributed by atoms with Crippen molar-refractivity contribution >= 4 is 28.4 Å². The molecule has 0 aliphatic carbocycles. The van der Waals surface area contributed by atoms with E-state index in [-0.39, 0.29) is 18.1 Å². The summed E-state index contributed by atoms with van der Waals surface area (Å²) in [5.74, 6) is 1.93. The monoisotopic (exact) mass is 489 g/mol. The van der Waals surface area contributed by atoms with Crippen LogP contribution in [0.2, 0.25) is 0 Å². The maximum Gasteiger partial charge on any atom is 0.258 e. The van der Waals surface area contributed by atoms with Crippen LogP contribution >= 0.6 is 0 Å². The number of hydrogen-bond donors (Lipinski definition) is 2. The Labute approximate surface area is 208 Å². The number of hydrogen-bond acceptors (Lipinski definition) is 7. The molecular weight excluding hydrogens is 461 g/mol. The zero-order chi connectivity index (χ0) is 25.7. The van der Waals surface area contributed by atoms with Crippen molar-refractivity contribution in [3.05, 3.63) is 66.6 Å². The van der Waals surface area contributed by atoms with Crippen LogP contribution in [-0.2, 0) is 4.79 Å². The van der Waals surface area contributed by atoms with Crippen LogP contribution in [0.1, 0.15) is 27.7 Å². The van der Waals surface area contributed by atoms with Crippen LogP contribution in [0.15, 0.2) is 60.8 Å². The van der Waals surface area contributed by atoms with Crippen molar-refractivity contribution in [1.82, 2.24) is 20.3 Å². The molecule has 2 aromatic carbocycles. The summed E-state index contributed by atoms with van der Waals surface area (Å²) in [6, 6.07) is 15.6. The lowest BCUT2D eigenvalue weighted by Crippen LogP contribution is -2.43. The van der Waals surface area contributed by atoms with Crippen molar-refractivity contribution in [2.45, 2.75) is 33.2 Å². The van der Waals surface area contributed by atoms with Crippen LogP contribution in [-0.4, -0.2) is 39.6 Å². The first-order chi connectivity index (χ1) is 17.2. The number of anilines is 2. The molecule has 0 unspecified atom stereocenters. The van der Waals surface area contributed by atoms with Crippen LogP contribution in [0.4, 0.5) is 16.0 Å². The van der Waals surface area contributed by atoms with E-state index in [0.29, 0.717) is 46.6 Å². The minimum atomic E-state index is -0.430. The zero-order valence-corrected chi connectivity index (χ0v) is 20.6. The molecule has 4 aromatic rings. The topological polar surface area (TPSA) is 98.3 Å². The molecule has 2 aromatic heterocycles. The predicted molar refractivity (Wildman–Crippen MR) is 137 cm³/mol. The first kappa shape index (κ1) is 24.8. The van der Waals surface area contributed by atoms with Gasteiger partial charge in [0.05, 0.1) is 18.3 Å². The number of carbonyl (C=O) groups is 1. The summed E-state index contributed by atoms with van der Waals surface area (Å²) in [6.07, 6.45) is 1.13. The van der Waals surface area contributed by atoms with Crippen molar-refractivity contribution in [2.75, 3.05) is 18.5 Å².